The molecule has 2 aromatic carbocycles. The van der Waals surface area contributed by atoms with Crippen molar-refractivity contribution in [2.75, 3.05) is 6.26 Å². The van der Waals surface area contributed by atoms with Crippen LogP contribution >= 0.6 is 15.9 Å². The SMILES string of the molecule is Cc1cc(F)cc(C)c1Oc1ccc(CS(C)(=O)=O)cc1Br. The molecule has 0 heterocycles. The van der Waals surface area contributed by atoms with Crippen molar-refractivity contribution in [3.63, 3.8) is 0 Å². The fraction of sp³-hybridized carbons (Fsp3) is 0.250. The highest BCUT2D eigenvalue weighted by Crippen LogP contribution is 2.34. The molecule has 0 N–H and O–H groups in total. The Kier molecular flexibility index (Phi) is 4.92. The summed E-state index contributed by atoms with van der Waals surface area (Å²) in [5.41, 5.74) is 2.07. The lowest BCUT2D eigenvalue weighted by Crippen LogP contribution is -2.01. The van der Waals surface area contributed by atoms with Crippen LogP contribution in [0.1, 0.15) is 16.7 Å². The minimum absolute atomic E-state index is 0.0273. The lowest BCUT2D eigenvalue weighted by atomic mass is 10.1. The Hall–Kier alpha value is -1.40. The number of hydrogen-bond acceptors (Lipinski definition) is 3. The van der Waals surface area contributed by atoms with Crippen molar-refractivity contribution in [1.29, 1.82) is 0 Å². The average Bonchev–Trinajstić information content (AvgIpc) is 2.33. The molecule has 22 heavy (non-hydrogen) atoms. The Morgan fingerprint density at radius 2 is 1.73 bits per heavy atom. The minimum atomic E-state index is -3.09. The van der Waals surface area contributed by atoms with E-state index in [1.807, 2.05) is 0 Å². The summed E-state index contributed by atoms with van der Waals surface area (Å²) in [5, 5.41) is 0. The normalized spacial score (nSPS) is 11.5. The van der Waals surface area contributed by atoms with E-state index in [9.17, 15) is 12.8 Å². The topological polar surface area (TPSA) is 43.4 Å². The van der Waals surface area contributed by atoms with Crippen molar-refractivity contribution in [1.82, 2.24) is 0 Å². The zero-order valence-electron chi connectivity index (χ0n) is 12.5. The standard InChI is InChI=1S/C16H16BrFO3S/c1-10-6-13(18)7-11(2)16(10)21-15-5-4-12(8-14(15)17)9-22(3,19)20/h4-8H,9H2,1-3H3. The van der Waals surface area contributed by atoms with Gasteiger partial charge in [0.2, 0.25) is 0 Å². The number of aryl methyl sites for hydroxylation is 2. The van der Waals surface area contributed by atoms with Crippen LogP contribution in [0.4, 0.5) is 4.39 Å². The summed E-state index contributed by atoms with van der Waals surface area (Å²) in [6.07, 6.45) is 1.19. The zero-order valence-corrected chi connectivity index (χ0v) is 14.9. The molecule has 0 saturated heterocycles. The molecule has 0 fully saturated rings. The van der Waals surface area contributed by atoms with Gasteiger partial charge in [0.25, 0.3) is 0 Å². The molecule has 0 aliphatic carbocycles. The molecule has 0 atom stereocenters. The first-order chi connectivity index (χ1) is 10.2. The highest BCUT2D eigenvalue weighted by atomic mass is 79.9. The predicted octanol–water partition coefficient (Wildman–Crippen LogP) is 4.54. The van der Waals surface area contributed by atoms with Gasteiger partial charge in [0, 0.05) is 6.26 Å². The summed E-state index contributed by atoms with van der Waals surface area (Å²) in [4.78, 5) is 0. The van der Waals surface area contributed by atoms with Gasteiger partial charge in [-0.2, -0.15) is 0 Å². The third-order valence-electron chi connectivity index (χ3n) is 3.06. The van der Waals surface area contributed by atoms with Gasteiger partial charge in [0.15, 0.2) is 9.84 Å². The summed E-state index contributed by atoms with van der Waals surface area (Å²) in [5.74, 6) is 0.818. The van der Waals surface area contributed by atoms with Gasteiger partial charge in [-0.05, 0) is 70.7 Å². The van der Waals surface area contributed by atoms with Crippen molar-refractivity contribution in [3.8, 4) is 11.5 Å². The van der Waals surface area contributed by atoms with Gasteiger partial charge in [0.1, 0.15) is 17.3 Å². The maximum atomic E-state index is 13.3. The molecule has 6 heteroatoms. The van der Waals surface area contributed by atoms with Crippen molar-refractivity contribution in [3.05, 3.63) is 57.3 Å². The minimum Gasteiger partial charge on any atom is -0.456 e. The van der Waals surface area contributed by atoms with Crippen LogP contribution in [0.25, 0.3) is 0 Å². The van der Waals surface area contributed by atoms with Crippen LogP contribution in [0.15, 0.2) is 34.8 Å². The summed E-state index contributed by atoms with van der Waals surface area (Å²) in [6.45, 7) is 3.55. The second-order valence-corrected chi connectivity index (χ2v) is 8.30. The van der Waals surface area contributed by atoms with Gasteiger partial charge >= 0.3 is 0 Å². The Balaban J connectivity index is 2.32. The van der Waals surface area contributed by atoms with Gasteiger partial charge in [0.05, 0.1) is 10.2 Å². The molecule has 0 saturated carbocycles. The molecule has 0 radical (unpaired) electrons. The van der Waals surface area contributed by atoms with E-state index in [-0.39, 0.29) is 11.6 Å². The van der Waals surface area contributed by atoms with Gasteiger partial charge in [-0.1, -0.05) is 6.07 Å². The zero-order chi connectivity index (χ0) is 16.5. The van der Waals surface area contributed by atoms with Gasteiger partial charge in [-0.3, -0.25) is 0 Å². The number of rotatable bonds is 4. The third-order valence-corrected chi connectivity index (χ3v) is 4.54. The van der Waals surface area contributed by atoms with Crippen LogP contribution in [0.2, 0.25) is 0 Å². The molecule has 0 aliphatic rings. The first-order valence-electron chi connectivity index (χ1n) is 6.56. The maximum absolute atomic E-state index is 13.3. The summed E-state index contributed by atoms with van der Waals surface area (Å²) >= 11 is 3.38. The van der Waals surface area contributed by atoms with Crippen molar-refractivity contribution >= 4 is 25.8 Å². The van der Waals surface area contributed by atoms with E-state index in [2.05, 4.69) is 15.9 Å². The molecule has 0 aliphatic heterocycles. The van der Waals surface area contributed by atoms with Crippen LogP contribution in [0.5, 0.6) is 11.5 Å². The quantitative estimate of drug-likeness (QED) is 0.774. The maximum Gasteiger partial charge on any atom is 0.151 e. The number of benzene rings is 2. The fourth-order valence-electron chi connectivity index (χ4n) is 2.19. The number of hydrogen-bond donors (Lipinski definition) is 0. The van der Waals surface area contributed by atoms with E-state index >= 15 is 0 Å². The van der Waals surface area contributed by atoms with E-state index in [1.54, 1.807) is 32.0 Å². The van der Waals surface area contributed by atoms with Crippen LogP contribution in [0, 0.1) is 19.7 Å². The summed E-state index contributed by atoms with van der Waals surface area (Å²) in [6, 6.07) is 7.94. The molecule has 3 nitrogen and oxygen atoms in total. The molecular weight excluding hydrogens is 371 g/mol. The highest BCUT2D eigenvalue weighted by molar-refractivity contribution is 9.10. The van der Waals surface area contributed by atoms with Crippen molar-refractivity contribution in [2.24, 2.45) is 0 Å². The van der Waals surface area contributed by atoms with E-state index in [4.69, 9.17) is 4.74 Å². The first kappa shape index (κ1) is 17.0. The van der Waals surface area contributed by atoms with E-state index in [1.165, 1.54) is 18.4 Å². The van der Waals surface area contributed by atoms with Crippen molar-refractivity contribution in [2.45, 2.75) is 19.6 Å². The summed E-state index contributed by atoms with van der Waals surface area (Å²) < 4.78 is 42.5. The fourth-order valence-corrected chi connectivity index (χ4v) is 3.48. The predicted molar refractivity (Wildman–Crippen MR) is 88.6 cm³/mol. The Bertz CT molecular complexity index is 793. The lowest BCUT2D eigenvalue weighted by molar-refractivity contribution is 0.469. The van der Waals surface area contributed by atoms with Crippen molar-refractivity contribution < 1.29 is 17.5 Å². The average molecular weight is 387 g/mol. The number of sulfone groups is 1. The molecule has 0 amide bonds. The van der Waals surface area contributed by atoms with E-state index < -0.39 is 9.84 Å². The molecule has 0 bridgehead atoms. The first-order valence-corrected chi connectivity index (χ1v) is 9.42. The summed E-state index contributed by atoms with van der Waals surface area (Å²) in [7, 11) is -3.09. The Labute approximate surface area is 138 Å². The van der Waals surface area contributed by atoms with Gasteiger partial charge < -0.3 is 4.74 Å². The monoisotopic (exact) mass is 386 g/mol. The van der Waals surface area contributed by atoms with Crippen LogP contribution in [-0.4, -0.2) is 14.7 Å². The molecule has 2 rings (SSSR count). The van der Waals surface area contributed by atoms with Crippen LogP contribution in [0.3, 0.4) is 0 Å². The highest BCUT2D eigenvalue weighted by Gasteiger charge is 2.12. The van der Waals surface area contributed by atoms with E-state index in [0.717, 1.165) is 0 Å². The van der Waals surface area contributed by atoms with Crippen LogP contribution in [-0.2, 0) is 15.6 Å². The second-order valence-electron chi connectivity index (χ2n) is 5.31. The molecule has 0 unspecified atom stereocenters. The lowest BCUT2D eigenvalue weighted by Gasteiger charge is -2.14. The Morgan fingerprint density at radius 1 is 1.14 bits per heavy atom. The molecule has 0 spiro atoms. The number of halogens is 2. The smallest absolute Gasteiger partial charge is 0.151 e. The van der Waals surface area contributed by atoms with E-state index in [0.29, 0.717) is 32.7 Å². The Morgan fingerprint density at radius 3 is 2.23 bits per heavy atom. The molecule has 2 aromatic rings. The van der Waals surface area contributed by atoms with Gasteiger partial charge in [-0.25, -0.2) is 12.8 Å². The van der Waals surface area contributed by atoms with Crippen LogP contribution < -0.4 is 4.74 Å². The third kappa shape index (κ3) is 4.30. The molecule has 118 valence electrons. The molecular formula is C16H16BrFO3S. The molecule has 0 aromatic heterocycles. The largest absolute Gasteiger partial charge is 0.456 e. The number of ether oxygens (including phenoxy) is 1. The second kappa shape index (κ2) is 6.38. The van der Waals surface area contributed by atoms with Gasteiger partial charge in [-0.15, -0.1) is 0 Å².